The normalized spacial score (nSPS) is 12.6. The van der Waals surface area contributed by atoms with E-state index in [1.807, 2.05) is 0 Å². The number of alkyl halides is 3. The molecule has 0 atom stereocenters. The highest BCUT2D eigenvalue weighted by Crippen LogP contribution is 2.19. The Hall–Kier alpha value is -1.92. The maximum atomic E-state index is 12.0. The first kappa shape index (κ1) is 12.2. The van der Waals surface area contributed by atoms with Crippen LogP contribution >= 0.6 is 0 Å². The lowest BCUT2D eigenvalue weighted by Crippen LogP contribution is -2.25. The summed E-state index contributed by atoms with van der Waals surface area (Å²) in [5, 5.41) is 11.2. The van der Waals surface area contributed by atoms with Crippen molar-refractivity contribution in [1.29, 1.82) is 0 Å². The predicted molar refractivity (Wildman–Crippen MR) is 48.2 cm³/mol. The molecule has 0 aliphatic rings. The molecule has 0 unspecified atom stereocenters. The largest absolute Gasteiger partial charge is 0.450 e. The molecule has 86 valence electrons. The molecule has 1 aromatic rings. The lowest BCUT2D eigenvalue weighted by Gasteiger charge is -2.06. The summed E-state index contributed by atoms with van der Waals surface area (Å²) in [6, 6.07) is 2.69. The van der Waals surface area contributed by atoms with E-state index in [9.17, 15) is 18.0 Å². The molecule has 0 amide bonds. The number of aromatic nitrogens is 1. The van der Waals surface area contributed by atoms with Gasteiger partial charge in [0.25, 0.3) is 0 Å². The number of halogens is 3. The monoisotopic (exact) mass is 232 g/mol. The highest BCUT2D eigenvalue weighted by atomic mass is 19.4. The van der Waals surface area contributed by atoms with E-state index >= 15 is 0 Å². The minimum atomic E-state index is -4.93. The van der Waals surface area contributed by atoms with E-state index in [-0.39, 0.29) is 11.3 Å². The highest BCUT2D eigenvalue weighted by molar-refractivity contribution is 6.11. The summed E-state index contributed by atoms with van der Waals surface area (Å²) in [4.78, 5) is 14.3. The fourth-order valence-electron chi connectivity index (χ4n) is 0.992. The van der Waals surface area contributed by atoms with Crippen LogP contribution in [0.15, 0.2) is 29.7 Å². The molecule has 1 heterocycles. The molecule has 0 saturated heterocycles. The molecule has 0 aliphatic carbocycles. The lowest BCUT2D eigenvalue weighted by atomic mass is 10.1. The number of oxime groups is 1. The molecule has 0 bridgehead atoms. The Morgan fingerprint density at radius 2 is 1.94 bits per heavy atom. The maximum absolute atomic E-state index is 12.0. The van der Waals surface area contributed by atoms with Crippen LogP contribution in [0.1, 0.15) is 12.0 Å². The van der Waals surface area contributed by atoms with Crippen molar-refractivity contribution in [3.05, 3.63) is 30.1 Å². The van der Waals surface area contributed by atoms with Gasteiger partial charge < -0.3 is 5.21 Å². The zero-order valence-electron chi connectivity index (χ0n) is 7.90. The van der Waals surface area contributed by atoms with Crippen LogP contribution < -0.4 is 0 Å². The SMILES string of the molecule is O=C(C/C(=N\O)c1ccncc1)C(F)(F)F. The summed E-state index contributed by atoms with van der Waals surface area (Å²) in [6.45, 7) is 0. The third-order valence-corrected chi connectivity index (χ3v) is 1.78. The second-order valence-electron chi connectivity index (χ2n) is 2.88. The first-order valence-corrected chi connectivity index (χ1v) is 4.16. The fraction of sp³-hybridized carbons (Fsp3) is 0.222. The van der Waals surface area contributed by atoms with E-state index in [4.69, 9.17) is 5.21 Å². The van der Waals surface area contributed by atoms with E-state index in [1.165, 1.54) is 24.5 Å². The molecule has 1 rings (SSSR count). The van der Waals surface area contributed by atoms with Gasteiger partial charge in [-0.2, -0.15) is 13.2 Å². The van der Waals surface area contributed by atoms with Gasteiger partial charge in [-0.15, -0.1) is 0 Å². The van der Waals surface area contributed by atoms with Gasteiger partial charge in [0, 0.05) is 18.0 Å². The third-order valence-electron chi connectivity index (χ3n) is 1.78. The Balaban J connectivity index is 2.84. The molecule has 0 saturated carbocycles. The topological polar surface area (TPSA) is 62.5 Å². The smallest absolute Gasteiger partial charge is 0.411 e. The molecular weight excluding hydrogens is 225 g/mol. The first-order valence-electron chi connectivity index (χ1n) is 4.16. The average molecular weight is 232 g/mol. The van der Waals surface area contributed by atoms with Crippen LogP contribution in [-0.2, 0) is 4.79 Å². The summed E-state index contributed by atoms with van der Waals surface area (Å²) in [5.74, 6) is -1.96. The van der Waals surface area contributed by atoms with Crippen LogP contribution in [0.3, 0.4) is 0 Å². The molecule has 0 spiro atoms. The van der Waals surface area contributed by atoms with Crippen LogP contribution in [0.2, 0.25) is 0 Å². The Morgan fingerprint density at radius 3 is 2.38 bits per heavy atom. The first-order chi connectivity index (χ1) is 7.45. The molecule has 1 N–H and O–H groups in total. The van der Waals surface area contributed by atoms with Crippen molar-refractivity contribution in [2.45, 2.75) is 12.6 Å². The number of carbonyl (C=O) groups is 1. The third kappa shape index (κ3) is 3.04. The van der Waals surface area contributed by atoms with E-state index < -0.39 is 18.4 Å². The molecule has 0 aliphatic heterocycles. The fourth-order valence-corrected chi connectivity index (χ4v) is 0.992. The molecular formula is C9H7F3N2O2. The van der Waals surface area contributed by atoms with Gasteiger partial charge in [0.2, 0.25) is 5.78 Å². The predicted octanol–water partition coefficient (Wildman–Crippen LogP) is 1.78. The van der Waals surface area contributed by atoms with Gasteiger partial charge in [-0.25, -0.2) is 0 Å². The van der Waals surface area contributed by atoms with Crippen molar-refractivity contribution in [2.24, 2.45) is 5.16 Å². The summed E-state index contributed by atoms with van der Waals surface area (Å²) >= 11 is 0. The van der Waals surface area contributed by atoms with Crippen LogP contribution in [0.4, 0.5) is 13.2 Å². The van der Waals surface area contributed by atoms with Crippen molar-refractivity contribution < 1.29 is 23.2 Å². The van der Waals surface area contributed by atoms with Crippen molar-refractivity contribution >= 4 is 11.5 Å². The zero-order valence-corrected chi connectivity index (χ0v) is 7.90. The second-order valence-corrected chi connectivity index (χ2v) is 2.88. The second kappa shape index (κ2) is 4.73. The number of carbonyl (C=O) groups excluding carboxylic acids is 1. The van der Waals surface area contributed by atoms with Crippen LogP contribution in [0, 0.1) is 0 Å². The average Bonchev–Trinajstić information content (AvgIpc) is 2.25. The van der Waals surface area contributed by atoms with Gasteiger partial charge in [-0.05, 0) is 12.1 Å². The number of rotatable bonds is 3. The molecule has 1 aromatic heterocycles. The quantitative estimate of drug-likeness (QED) is 0.491. The van der Waals surface area contributed by atoms with E-state index in [0.29, 0.717) is 0 Å². The van der Waals surface area contributed by atoms with Crippen LogP contribution in [-0.4, -0.2) is 27.9 Å². The van der Waals surface area contributed by atoms with Gasteiger partial charge in [-0.1, -0.05) is 5.16 Å². The summed E-state index contributed by atoms with van der Waals surface area (Å²) in [7, 11) is 0. The number of pyridine rings is 1. The number of hydrogen-bond acceptors (Lipinski definition) is 4. The maximum Gasteiger partial charge on any atom is 0.450 e. The van der Waals surface area contributed by atoms with Crippen molar-refractivity contribution in [2.75, 3.05) is 0 Å². The van der Waals surface area contributed by atoms with Gasteiger partial charge >= 0.3 is 6.18 Å². The Kier molecular flexibility index (Phi) is 3.60. The zero-order chi connectivity index (χ0) is 12.2. The minimum Gasteiger partial charge on any atom is -0.411 e. The van der Waals surface area contributed by atoms with Gasteiger partial charge in [-0.3, -0.25) is 9.78 Å². The number of nitrogens with zero attached hydrogens (tertiary/aromatic N) is 2. The van der Waals surface area contributed by atoms with E-state index in [2.05, 4.69) is 10.1 Å². The van der Waals surface area contributed by atoms with Crippen LogP contribution in [0.5, 0.6) is 0 Å². The Morgan fingerprint density at radius 1 is 1.38 bits per heavy atom. The highest BCUT2D eigenvalue weighted by Gasteiger charge is 2.38. The summed E-state index contributed by atoms with van der Waals surface area (Å²) in [5.41, 5.74) is -0.125. The van der Waals surface area contributed by atoms with Gasteiger partial charge in [0.15, 0.2) is 0 Å². The number of Topliss-reactive ketones (excluding diaryl/α,β-unsaturated/α-hetero) is 1. The van der Waals surface area contributed by atoms with Crippen molar-refractivity contribution in [1.82, 2.24) is 4.98 Å². The van der Waals surface area contributed by atoms with Crippen molar-refractivity contribution in [3.63, 3.8) is 0 Å². The van der Waals surface area contributed by atoms with E-state index in [1.54, 1.807) is 0 Å². The van der Waals surface area contributed by atoms with Crippen LogP contribution in [0.25, 0.3) is 0 Å². The minimum absolute atomic E-state index is 0.218. The Bertz CT molecular complexity index is 401. The number of hydrogen-bond donors (Lipinski definition) is 1. The Labute approximate surface area is 88.4 Å². The molecule has 16 heavy (non-hydrogen) atoms. The standard InChI is InChI=1S/C9H7F3N2O2/c10-9(11,12)8(15)5-7(14-16)6-1-3-13-4-2-6/h1-4,16H,5H2/b14-7+. The molecule has 0 aromatic carbocycles. The molecule has 0 fully saturated rings. The molecule has 4 nitrogen and oxygen atoms in total. The number of ketones is 1. The van der Waals surface area contributed by atoms with Gasteiger partial charge in [0.05, 0.1) is 12.1 Å². The summed E-state index contributed by atoms with van der Waals surface area (Å²) < 4.78 is 35.9. The van der Waals surface area contributed by atoms with Crippen molar-refractivity contribution in [3.8, 4) is 0 Å². The molecule has 7 heteroatoms. The van der Waals surface area contributed by atoms with E-state index in [0.717, 1.165) is 0 Å². The summed E-state index contributed by atoms with van der Waals surface area (Å²) in [6.07, 6.45) is -3.29. The lowest BCUT2D eigenvalue weighted by molar-refractivity contribution is -0.169. The molecule has 0 radical (unpaired) electrons. The van der Waals surface area contributed by atoms with Gasteiger partial charge in [0.1, 0.15) is 0 Å².